The predicted octanol–water partition coefficient (Wildman–Crippen LogP) is 3.78. The maximum atomic E-state index is 11.9. The second kappa shape index (κ2) is 5.97. The molecule has 17 heavy (non-hydrogen) atoms. The number of thiophene rings is 2. The molecule has 0 fully saturated rings. The minimum Gasteiger partial charge on any atom is -0.349 e. The molecule has 0 radical (unpaired) electrons. The summed E-state index contributed by atoms with van der Waals surface area (Å²) in [5.41, 5.74) is 2.04. The molecule has 0 aliphatic carbocycles. The number of carbonyl (C=O) groups excluding carboxylic acids is 1. The fourth-order valence-electron chi connectivity index (χ4n) is 1.55. The molecule has 1 unspecified atom stereocenters. The SMILES string of the molecule is CC(Cc1ccsc1)NC(=O)c1csc(I)c1. The molecule has 0 saturated heterocycles. The molecule has 2 aromatic rings. The van der Waals surface area contributed by atoms with Gasteiger partial charge in [0.15, 0.2) is 0 Å². The van der Waals surface area contributed by atoms with Crippen LogP contribution in [0.3, 0.4) is 0 Å². The van der Waals surface area contributed by atoms with Gasteiger partial charge in [0.05, 0.1) is 8.45 Å². The third-order valence-electron chi connectivity index (χ3n) is 2.33. The van der Waals surface area contributed by atoms with E-state index in [4.69, 9.17) is 0 Å². The Hall–Kier alpha value is -0.400. The average Bonchev–Trinajstić information content (AvgIpc) is 2.89. The highest BCUT2D eigenvalue weighted by Gasteiger charge is 2.11. The number of hydrogen-bond acceptors (Lipinski definition) is 3. The molecule has 1 atom stereocenters. The van der Waals surface area contributed by atoms with E-state index in [-0.39, 0.29) is 11.9 Å². The molecular weight excluding hydrogens is 365 g/mol. The lowest BCUT2D eigenvalue weighted by Gasteiger charge is -2.12. The van der Waals surface area contributed by atoms with Crippen molar-refractivity contribution in [3.63, 3.8) is 0 Å². The first-order valence-electron chi connectivity index (χ1n) is 5.21. The fourth-order valence-corrected chi connectivity index (χ4v) is 3.56. The van der Waals surface area contributed by atoms with Gasteiger partial charge in [-0.2, -0.15) is 11.3 Å². The smallest absolute Gasteiger partial charge is 0.252 e. The minimum absolute atomic E-state index is 0.0203. The van der Waals surface area contributed by atoms with Gasteiger partial charge in [-0.15, -0.1) is 11.3 Å². The number of hydrogen-bond donors (Lipinski definition) is 1. The van der Waals surface area contributed by atoms with Gasteiger partial charge >= 0.3 is 0 Å². The lowest BCUT2D eigenvalue weighted by molar-refractivity contribution is 0.0940. The van der Waals surface area contributed by atoms with Crippen molar-refractivity contribution in [2.24, 2.45) is 0 Å². The summed E-state index contributed by atoms with van der Waals surface area (Å²) in [5, 5.41) is 9.10. The molecular formula is C12H12INOS2. The van der Waals surface area contributed by atoms with E-state index in [1.54, 1.807) is 22.7 Å². The fraction of sp³-hybridized carbons (Fsp3) is 0.250. The third-order valence-corrected chi connectivity index (χ3v) is 4.85. The molecule has 2 rings (SSSR count). The van der Waals surface area contributed by atoms with Gasteiger partial charge in [0, 0.05) is 11.4 Å². The number of nitrogens with one attached hydrogen (secondary N) is 1. The van der Waals surface area contributed by atoms with Crippen LogP contribution in [0.1, 0.15) is 22.8 Å². The van der Waals surface area contributed by atoms with Gasteiger partial charge in [-0.3, -0.25) is 4.79 Å². The van der Waals surface area contributed by atoms with Crippen molar-refractivity contribution in [1.29, 1.82) is 0 Å². The summed E-state index contributed by atoms with van der Waals surface area (Å²) in [6, 6.07) is 4.17. The third kappa shape index (κ3) is 3.79. The van der Waals surface area contributed by atoms with Crippen LogP contribution >= 0.6 is 45.3 Å². The normalized spacial score (nSPS) is 12.4. The molecule has 0 aromatic carbocycles. The molecule has 0 bridgehead atoms. The molecule has 90 valence electrons. The lowest BCUT2D eigenvalue weighted by atomic mass is 10.1. The average molecular weight is 377 g/mol. The Morgan fingerprint density at radius 2 is 2.35 bits per heavy atom. The zero-order chi connectivity index (χ0) is 12.3. The monoisotopic (exact) mass is 377 g/mol. The predicted molar refractivity (Wildman–Crippen MR) is 82.0 cm³/mol. The topological polar surface area (TPSA) is 29.1 Å². The Morgan fingerprint density at radius 1 is 1.53 bits per heavy atom. The standard InChI is InChI=1S/C12H12INOS2/c1-8(4-9-2-3-16-6-9)14-12(15)10-5-11(13)17-7-10/h2-3,5-8H,4H2,1H3,(H,14,15). The Morgan fingerprint density at radius 3 is 2.94 bits per heavy atom. The largest absolute Gasteiger partial charge is 0.349 e. The molecule has 5 heteroatoms. The summed E-state index contributed by atoms with van der Waals surface area (Å²) in [6.07, 6.45) is 0.885. The van der Waals surface area contributed by atoms with Gasteiger partial charge in [0.1, 0.15) is 0 Å². The molecule has 2 aromatic heterocycles. The van der Waals surface area contributed by atoms with Crippen LogP contribution in [-0.2, 0) is 6.42 Å². The molecule has 0 aliphatic heterocycles. The van der Waals surface area contributed by atoms with E-state index in [0.29, 0.717) is 0 Å². The minimum atomic E-state index is 0.0203. The first kappa shape index (κ1) is 13.0. The van der Waals surface area contributed by atoms with E-state index >= 15 is 0 Å². The maximum Gasteiger partial charge on any atom is 0.252 e. The number of carbonyl (C=O) groups is 1. The summed E-state index contributed by atoms with van der Waals surface area (Å²) in [7, 11) is 0. The van der Waals surface area contributed by atoms with Crippen LogP contribution in [0.5, 0.6) is 0 Å². The molecule has 1 amide bonds. The van der Waals surface area contributed by atoms with Crippen molar-refractivity contribution < 1.29 is 4.79 Å². The zero-order valence-electron chi connectivity index (χ0n) is 9.27. The van der Waals surface area contributed by atoms with Crippen LogP contribution in [-0.4, -0.2) is 11.9 Å². The molecule has 0 spiro atoms. The van der Waals surface area contributed by atoms with E-state index in [9.17, 15) is 4.79 Å². The molecule has 1 N–H and O–H groups in total. The van der Waals surface area contributed by atoms with Crippen LogP contribution < -0.4 is 5.32 Å². The van der Waals surface area contributed by atoms with Gasteiger partial charge in [-0.05, 0) is 64.4 Å². The van der Waals surface area contributed by atoms with Crippen molar-refractivity contribution >= 4 is 51.2 Å². The van der Waals surface area contributed by atoms with Crippen molar-refractivity contribution in [2.75, 3.05) is 0 Å². The van der Waals surface area contributed by atoms with Crippen molar-refractivity contribution in [3.8, 4) is 0 Å². The van der Waals surface area contributed by atoms with Gasteiger partial charge in [0.25, 0.3) is 5.91 Å². The Kier molecular flexibility index (Phi) is 4.58. The molecule has 2 heterocycles. The van der Waals surface area contributed by atoms with Gasteiger partial charge < -0.3 is 5.32 Å². The van der Waals surface area contributed by atoms with E-state index in [2.05, 4.69) is 44.7 Å². The van der Waals surface area contributed by atoms with E-state index in [1.165, 1.54) is 5.56 Å². The van der Waals surface area contributed by atoms with Crippen molar-refractivity contribution in [1.82, 2.24) is 5.32 Å². The van der Waals surface area contributed by atoms with Gasteiger partial charge in [-0.1, -0.05) is 0 Å². The molecule has 2 nitrogen and oxygen atoms in total. The number of amides is 1. The quantitative estimate of drug-likeness (QED) is 0.808. The maximum absolute atomic E-state index is 11.9. The number of halogens is 1. The highest BCUT2D eigenvalue weighted by Crippen LogP contribution is 2.16. The lowest BCUT2D eigenvalue weighted by Crippen LogP contribution is -2.33. The Bertz CT molecular complexity index is 492. The van der Waals surface area contributed by atoms with Crippen molar-refractivity contribution in [2.45, 2.75) is 19.4 Å². The van der Waals surface area contributed by atoms with Gasteiger partial charge in [0.2, 0.25) is 0 Å². The van der Waals surface area contributed by atoms with Gasteiger partial charge in [-0.25, -0.2) is 0 Å². The number of rotatable bonds is 4. The summed E-state index contributed by atoms with van der Waals surface area (Å²) >= 11 is 5.51. The van der Waals surface area contributed by atoms with Crippen LogP contribution in [0, 0.1) is 2.88 Å². The van der Waals surface area contributed by atoms with Crippen LogP contribution in [0.2, 0.25) is 0 Å². The van der Waals surface area contributed by atoms with Crippen LogP contribution in [0.4, 0.5) is 0 Å². The van der Waals surface area contributed by atoms with Crippen LogP contribution in [0.25, 0.3) is 0 Å². The first-order valence-corrected chi connectivity index (χ1v) is 8.11. The van der Waals surface area contributed by atoms with E-state index < -0.39 is 0 Å². The van der Waals surface area contributed by atoms with Crippen molar-refractivity contribution in [3.05, 3.63) is 42.3 Å². The highest BCUT2D eigenvalue weighted by atomic mass is 127. The summed E-state index contributed by atoms with van der Waals surface area (Å²) in [4.78, 5) is 11.9. The second-order valence-electron chi connectivity index (χ2n) is 3.85. The molecule has 0 aliphatic rings. The summed E-state index contributed by atoms with van der Waals surface area (Å²) in [6.45, 7) is 2.03. The zero-order valence-corrected chi connectivity index (χ0v) is 13.1. The second-order valence-corrected chi connectivity index (χ2v) is 7.44. The first-order chi connectivity index (χ1) is 8.15. The Labute approximate surface area is 122 Å². The van der Waals surface area contributed by atoms with E-state index in [1.807, 2.05) is 18.4 Å². The van der Waals surface area contributed by atoms with E-state index in [0.717, 1.165) is 14.9 Å². The summed E-state index contributed by atoms with van der Waals surface area (Å²) in [5.74, 6) is 0.0203. The summed E-state index contributed by atoms with van der Waals surface area (Å²) < 4.78 is 1.14. The highest BCUT2D eigenvalue weighted by molar-refractivity contribution is 14.1. The Balaban J connectivity index is 1.90. The molecule has 0 saturated carbocycles. The van der Waals surface area contributed by atoms with Crippen LogP contribution in [0.15, 0.2) is 28.3 Å².